The number of hydrogen-bond acceptors (Lipinski definition) is 2. The molecule has 0 saturated heterocycles. The van der Waals surface area contributed by atoms with Gasteiger partial charge in [-0.15, -0.1) is 0 Å². The summed E-state index contributed by atoms with van der Waals surface area (Å²) in [4.78, 5) is 11.5. The molecule has 17 heavy (non-hydrogen) atoms. The second kappa shape index (κ2) is 6.80. The number of hydroxylamine groups is 1. The first-order chi connectivity index (χ1) is 8.08. The highest BCUT2D eigenvalue weighted by atomic mass is 16.5. The minimum atomic E-state index is -0.263. The molecule has 0 aromatic rings. The second-order valence-corrected chi connectivity index (χ2v) is 5.49. The Bertz CT molecular complexity index is 284. The van der Waals surface area contributed by atoms with Gasteiger partial charge in [0.1, 0.15) is 0 Å². The molecule has 0 aromatic carbocycles. The first-order valence-corrected chi connectivity index (χ1v) is 6.71. The predicted molar refractivity (Wildman–Crippen MR) is 68.6 cm³/mol. The highest BCUT2D eigenvalue weighted by Gasteiger charge is 2.24. The van der Waals surface area contributed by atoms with Crippen molar-refractivity contribution in [2.24, 2.45) is 17.8 Å². The van der Waals surface area contributed by atoms with Gasteiger partial charge in [-0.2, -0.15) is 0 Å². The Morgan fingerprint density at radius 2 is 2.29 bits per heavy atom. The summed E-state index contributed by atoms with van der Waals surface area (Å²) < 4.78 is 0. The number of allylic oxidation sites excluding steroid dienone is 1. The summed E-state index contributed by atoms with van der Waals surface area (Å²) in [6, 6.07) is 0. The van der Waals surface area contributed by atoms with Crippen LogP contribution < -0.4 is 5.48 Å². The number of carbonyl (C=O) groups excluding carboxylic acids is 1. The van der Waals surface area contributed by atoms with Crippen molar-refractivity contribution >= 4 is 5.91 Å². The molecule has 2 N–H and O–H groups in total. The van der Waals surface area contributed by atoms with E-state index in [1.54, 1.807) is 5.48 Å². The van der Waals surface area contributed by atoms with Crippen LogP contribution in [0.1, 0.15) is 52.9 Å². The minimum absolute atomic E-state index is 0.139. The normalized spacial score (nSPS) is 22.2. The van der Waals surface area contributed by atoms with Crippen LogP contribution in [0.4, 0.5) is 0 Å². The van der Waals surface area contributed by atoms with Crippen molar-refractivity contribution in [2.45, 2.75) is 52.9 Å². The molecular weight excluding hydrogens is 214 g/mol. The summed E-state index contributed by atoms with van der Waals surface area (Å²) in [5.41, 5.74) is 2.98. The Morgan fingerprint density at radius 1 is 1.59 bits per heavy atom. The van der Waals surface area contributed by atoms with Crippen LogP contribution in [-0.2, 0) is 4.79 Å². The molecule has 0 aromatic heterocycles. The lowest BCUT2D eigenvalue weighted by molar-refractivity contribution is -0.132. The maximum atomic E-state index is 11.5. The molecule has 0 unspecified atom stereocenters. The molecule has 0 heterocycles. The molecule has 1 rings (SSSR count). The van der Waals surface area contributed by atoms with Crippen LogP contribution in [0.5, 0.6) is 0 Å². The van der Waals surface area contributed by atoms with Crippen LogP contribution >= 0.6 is 0 Å². The van der Waals surface area contributed by atoms with Crippen molar-refractivity contribution < 1.29 is 10.0 Å². The van der Waals surface area contributed by atoms with E-state index in [1.807, 2.05) is 6.92 Å². The first kappa shape index (κ1) is 14.2. The monoisotopic (exact) mass is 239 g/mol. The minimum Gasteiger partial charge on any atom is -0.289 e. The van der Waals surface area contributed by atoms with Crippen LogP contribution in [-0.4, -0.2) is 11.1 Å². The van der Waals surface area contributed by atoms with Gasteiger partial charge >= 0.3 is 0 Å². The van der Waals surface area contributed by atoms with Gasteiger partial charge in [-0.1, -0.05) is 32.4 Å². The predicted octanol–water partition coefficient (Wildman–Crippen LogP) is 3.29. The quantitative estimate of drug-likeness (QED) is 0.439. The second-order valence-electron chi connectivity index (χ2n) is 5.49. The first-order valence-electron chi connectivity index (χ1n) is 6.71. The fourth-order valence-electron chi connectivity index (χ4n) is 2.80. The number of rotatable bonds is 5. The molecule has 0 fully saturated rings. The Kier molecular flexibility index (Phi) is 5.69. The van der Waals surface area contributed by atoms with Crippen LogP contribution in [0, 0.1) is 17.8 Å². The van der Waals surface area contributed by atoms with E-state index < -0.39 is 0 Å². The van der Waals surface area contributed by atoms with E-state index in [1.165, 1.54) is 18.4 Å². The third kappa shape index (κ3) is 4.15. The number of amides is 1. The summed E-state index contributed by atoms with van der Waals surface area (Å²) in [6.07, 6.45) is 7.52. The Hall–Kier alpha value is -0.830. The van der Waals surface area contributed by atoms with Gasteiger partial charge in [0, 0.05) is 0 Å². The standard InChI is InChI=1S/C14H25NO2/c1-4-13(14(16)15-17)12-7-5-11(6-8-12)9-10(2)3/h7,10-11,13,17H,4-6,8-9H2,1-3H3,(H,15,16)/t11-,13+/m0/s1. The van der Waals surface area contributed by atoms with Gasteiger partial charge in [-0.05, 0) is 43.9 Å². The third-order valence-electron chi connectivity index (χ3n) is 3.64. The molecule has 3 nitrogen and oxygen atoms in total. The van der Waals surface area contributed by atoms with Crippen LogP contribution in [0.25, 0.3) is 0 Å². The van der Waals surface area contributed by atoms with Crippen LogP contribution in [0.3, 0.4) is 0 Å². The van der Waals surface area contributed by atoms with Gasteiger partial charge in [0.25, 0.3) is 5.91 Å². The summed E-state index contributed by atoms with van der Waals surface area (Å²) in [7, 11) is 0. The number of carbonyl (C=O) groups is 1. The summed E-state index contributed by atoms with van der Waals surface area (Å²) >= 11 is 0. The third-order valence-corrected chi connectivity index (χ3v) is 3.64. The molecule has 0 spiro atoms. The van der Waals surface area contributed by atoms with E-state index in [9.17, 15) is 4.79 Å². The average Bonchev–Trinajstić information content (AvgIpc) is 2.31. The zero-order valence-electron chi connectivity index (χ0n) is 11.2. The van der Waals surface area contributed by atoms with E-state index in [0.29, 0.717) is 0 Å². The van der Waals surface area contributed by atoms with E-state index >= 15 is 0 Å². The van der Waals surface area contributed by atoms with Crippen molar-refractivity contribution in [3.8, 4) is 0 Å². The summed E-state index contributed by atoms with van der Waals surface area (Å²) in [5, 5.41) is 8.71. The van der Waals surface area contributed by atoms with E-state index in [-0.39, 0.29) is 11.8 Å². The molecule has 3 heteroatoms. The van der Waals surface area contributed by atoms with E-state index in [4.69, 9.17) is 5.21 Å². The smallest absolute Gasteiger partial charge is 0.250 e. The molecule has 0 radical (unpaired) electrons. The number of nitrogens with one attached hydrogen (secondary N) is 1. The highest BCUT2D eigenvalue weighted by Crippen LogP contribution is 2.32. The highest BCUT2D eigenvalue weighted by molar-refractivity contribution is 5.80. The SMILES string of the molecule is CC[C@@H](C(=O)NO)C1=CC[C@H](CC(C)C)CC1. The summed E-state index contributed by atoms with van der Waals surface area (Å²) in [6.45, 7) is 6.50. The molecule has 0 aliphatic heterocycles. The van der Waals surface area contributed by atoms with Gasteiger partial charge in [-0.25, -0.2) is 5.48 Å². The number of hydrogen-bond donors (Lipinski definition) is 2. The summed E-state index contributed by atoms with van der Waals surface area (Å²) in [5.74, 6) is 1.12. The van der Waals surface area contributed by atoms with Gasteiger partial charge < -0.3 is 0 Å². The Morgan fingerprint density at radius 3 is 2.71 bits per heavy atom. The maximum absolute atomic E-state index is 11.5. The molecule has 0 saturated carbocycles. The fraction of sp³-hybridized carbons (Fsp3) is 0.786. The molecule has 1 amide bonds. The van der Waals surface area contributed by atoms with Gasteiger partial charge in [0.2, 0.25) is 0 Å². The van der Waals surface area contributed by atoms with Crippen molar-refractivity contribution in [1.29, 1.82) is 0 Å². The van der Waals surface area contributed by atoms with E-state index in [2.05, 4.69) is 19.9 Å². The van der Waals surface area contributed by atoms with Gasteiger partial charge in [-0.3, -0.25) is 10.0 Å². The lowest BCUT2D eigenvalue weighted by Crippen LogP contribution is -2.29. The molecule has 1 aliphatic rings. The molecule has 98 valence electrons. The lowest BCUT2D eigenvalue weighted by atomic mass is 9.80. The van der Waals surface area contributed by atoms with E-state index in [0.717, 1.165) is 31.1 Å². The molecular formula is C14H25NO2. The zero-order valence-corrected chi connectivity index (χ0v) is 11.2. The Balaban J connectivity index is 2.57. The lowest BCUT2D eigenvalue weighted by Gasteiger charge is -2.26. The Labute approximate surface area is 104 Å². The van der Waals surface area contributed by atoms with Crippen molar-refractivity contribution in [3.05, 3.63) is 11.6 Å². The van der Waals surface area contributed by atoms with Crippen molar-refractivity contribution in [3.63, 3.8) is 0 Å². The molecule has 2 atom stereocenters. The topological polar surface area (TPSA) is 49.3 Å². The largest absolute Gasteiger partial charge is 0.289 e. The van der Waals surface area contributed by atoms with Gasteiger partial charge in [0.15, 0.2) is 0 Å². The van der Waals surface area contributed by atoms with Crippen molar-refractivity contribution in [2.75, 3.05) is 0 Å². The maximum Gasteiger partial charge on any atom is 0.250 e. The van der Waals surface area contributed by atoms with Crippen molar-refractivity contribution in [1.82, 2.24) is 5.48 Å². The average molecular weight is 239 g/mol. The zero-order chi connectivity index (χ0) is 12.8. The fourth-order valence-corrected chi connectivity index (χ4v) is 2.80. The van der Waals surface area contributed by atoms with Crippen LogP contribution in [0.2, 0.25) is 0 Å². The molecule has 1 aliphatic carbocycles. The molecule has 0 bridgehead atoms. The van der Waals surface area contributed by atoms with Gasteiger partial charge in [0.05, 0.1) is 5.92 Å². The van der Waals surface area contributed by atoms with Crippen LogP contribution in [0.15, 0.2) is 11.6 Å².